The standard InChI is InChI=1S/C36H57NO5/c1-7-9-10-11-12-13-14-15-16-17-18-19-20-22-29-23-21-24-32(42-6)33(29)34-30(8-2)27(3)37(35(38)36(39)40)28(4)31(34)25-26-41-5/h21,23-24,34H,7-20,22,25-26H2,1-6H3,(H,39,40). The smallest absolute Gasteiger partial charge is 0.395 e. The Morgan fingerprint density at radius 3 is 1.83 bits per heavy atom. The van der Waals surface area contributed by atoms with Crippen molar-refractivity contribution in [3.05, 3.63) is 51.9 Å². The highest BCUT2D eigenvalue weighted by Gasteiger charge is 2.38. The van der Waals surface area contributed by atoms with Crippen molar-refractivity contribution in [3.8, 4) is 5.75 Å². The van der Waals surface area contributed by atoms with Crippen molar-refractivity contribution in [2.75, 3.05) is 20.8 Å². The number of aryl methyl sites for hydroxylation is 1. The zero-order valence-electron chi connectivity index (χ0n) is 27.4. The number of hydrogen-bond acceptors (Lipinski definition) is 4. The summed E-state index contributed by atoms with van der Waals surface area (Å²) in [5.74, 6) is -1.62. The number of aliphatic carboxylic acids is 1. The van der Waals surface area contributed by atoms with Gasteiger partial charge >= 0.3 is 11.9 Å². The lowest BCUT2D eigenvalue weighted by Crippen LogP contribution is -2.38. The lowest BCUT2D eigenvalue weighted by Gasteiger charge is -2.39. The maximum atomic E-state index is 12.8. The fourth-order valence-corrected chi connectivity index (χ4v) is 6.56. The van der Waals surface area contributed by atoms with E-state index in [1.165, 1.54) is 87.5 Å². The van der Waals surface area contributed by atoms with Gasteiger partial charge in [-0.3, -0.25) is 9.69 Å². The molecule has 1 unspecified atom stereocenters. The number of rotatable bonds is 20. The third-order valence-corrected chi connectivity index (χ3v) is 8.85. The van der Waals surface area contributed by atoms with Gasteiger partial charge in [0, 0.05) is 30.0 Å². The molecule has 0 fully saturated rings. The summed E-state index contributed by atoms with van der Waals surface area (Å²) >= 11 is 0. The third kappa shape index (κ3) is 10.00. The van der Waals surface area contributed by atoms with Gasteiger partial charge in [-0.15, -0.1) is 0 Å². The van der Waals surface area contributed by atoms with Gasteiger partial charge in [0.1, 0.15) is 5.75 Å². The molecular weight excluding hydrogens is 526 g/mol. The van der Waals surface area contributed by atoms with E-state index in [4.69, 9.17) is 9.47 Å². The maximum Gasteiger partial charge on any atom is 0.395 e. The summed E-state index contributed by atoms with van der Waals surface area (Å²) in [6.45, 7) is 8.55. The van der Waals surface area contributed by atoms with Crippen LogP contribution in [0.15, 0.2) is 40.7 Å². The van der Waals surface area contributed by atoms with E-state index in [1.807, 2.05) is 19.9 Å². The van der Waals surface area contributed by atoms with E-state index in [0.717, 1.165) is 35.3 Å². The van der Waals surface area contributed by atoms with E-state index in [-0.39, 0.29) is 5.92 Å². The van der Waals surface area contributed by atoms with Crippen LogP contribution in [0.4, 0.5) is 0 Å². The van der Waals surface area contributed by atoms with Crippen LogP contribution in [0, 0.1) is 0 Å². The highest BCUT2D eigenvalue weighted by Crippen LogP contribution is 2.48. The van der Waals surface area contributed by atoms with Crippen molar-refractivity contribution in [1.29, 1.82) is 0 Å². The van der Waals surface area contributed by atoms with Crippen LogP contribution < -0.4 is 4.74 Å². The van der Waals surface area contributed by atoms with Gasteiger partial charge in [0.25, 0.3) is 0 Å². The Labute approximate surface area is 255 Å². The molecule has 1 aromatic carbocycles. The first-order valence-electron chi connectivity index (χ1n) is 16.4. The topological polar surface area (TPSA) is 76.1 Å². The number of hydrogen-bond donors (Lipinski definition) is 1. The van der Waals surface area contributed by atoms with Crippen molar-refractivity contribution >= 4 is 11.9 Å². The number of benzene rings is 1. The van der Waals surface area contributed by atoms with E-state index < -0.39 is 11.9 Å². The summed E-state index contributed by atoms with van der Waals surface area (Å²) in [4.78, 5) is 25.9. The minimum Gasteiger partial charge on any atom is -0.496 e. The molecule has 42 heavy (non-hydrogen) atoms. The van der Waals surface area contributed by atoms with Crippen molar-refractivity contribution in [3.63, 3.8) is 0 Å². The summed E-state index contributed by atoms with van der Waals surface area (Å²) in [7, 11) is 3.38. The second-order valence-electron chi connectivity index (χ2n) is 11.7. The molecule has 0 aromatic heterocycles. The van der Waals surface area contributed by atoms with Gasteiger partial charge in [0.15, 0.2) is 0 Å². The predicted octanol–water partition coefficient (Wildman–Crippen LogP) is 9.33. The van der Waals surface area contributed by atoms with E-state index in [0.29, 0.717) is 30.8 Å². The van der Waals surface area contributed by atoms with Crippen LogP contribution in [0.2, 0.25) is 0 Å². The zero-order valence-corrected chi connectivity index (χ0v) is 27.4. The number of carbonyl (C=O) groups excluding carboxylic acids is 1. The fourth-order valence-electron chi connectivity index (χ4n) is 6.56. The fraction of sp³-hybridized carbons (Fsp3) is 0.667. The molecule has 0 spiro atoms. The second kappa shape index (κ2) is 19.6. The largest absolute Gasteiger partial charge is 0.496 e. The van der Waals surface area contributed by atoms with E-state index in [9.17, 15) is 14.7 Å². The normalized spacial score (nSPS) is 15.5. The number of allylic oxidation sites excluding steroid dienone is 3. The monoisotopic (exact) mass is 583 g/mol. The first-order valence-corrected chi connectivity index (χ1v) is 16.4. The van der Waals surface area contributed by atoms with Gasteiger partial charge in [-0.05, 0) is 62.3 Å². The van der Waals surface area contributed by atoms with E-state index in [1.54, 1.807) is 14.2 Å². The average Bonchev–Trinajstić information content (AvgIpc) is 2.98. The molecule has 1 aliphatic rings. The Hall–Kier alpha value is -2.60. The van der Waals surface area contributed by atoms with Crippen LogP contribution in [0.1, 0.15) is 141 Å². The van der Waals surface area contributed by atoms with E-state index >= 15 is 0 Å². The van der Waals surface area contributed by atoms with Crippen LogP contribution in [0.25, 0.3) is 0 Å². The molecule has 1 aliphatic heterocycles. The second-order valence-corrected chi connectivity index (χ2v) is 11.7. The molecule has 1 amide bonds. The maximum absolute atomic E-state index is 12.8. The zero-order chi connectivity index (χ0) is 30.9. The van der Waals surface area contributed by atoms with Crippen LogP contribution in [0.3, 0.4) is 0 Å². The van der Waals surface area contributed by atoms with Crippen molar-refractivity contribution in [1.82, 2.24) is 4.90 Å². The Kier molecular flexibility index (Phi) is 16.6. The van der Waals surface area contributed by atoms with Crippen LogP contribution >= 0.6 is 0 Å². The molecule has 0 saturated heterocycles. The van der Waals surface area contributed by atoms with E-state index in [2.05, 4.69) is 26.0 Å². The minimum absolute atomic E-state index is 0.0869. The Morgan fingerprint density at radius 1 is 0.786 bits per heavy atom. The van der Waals surface area contributed by atoms with Crippen molar-refractivity contribution in [2.45, 2.75) is 136 Å². The first-order chi connectivity index (χ1) is 20.3. The lowest BCUT2D eigenvalue weighted by atomic mass is 9.75. The Morgan fingerprint density at radius 2 is 1.33 bits per heavy atom. The molecule has 6 nitrogen and oxygen atoms in total. The summed E-state index contributed by atoms with van der Waals surface area (Å²) in [6, 6.07) is 6.29. The Bertz CT molecular complexity index is 1060. The van der Waals surface area contributed by atoms with Gasteiger partial charge in [0.05, 0.1) is 13.7 Å². The first kappa shape index (κ1) is 35.6. The van der Waals surface area contributed by atoms with Gasteiger partial charge in [0.2, 0.25) is 0 Å². The molecule has 1 heterocycles. The van der Waals surface area contributed by atoms with Crippen LogP contribution in [-0.2, 0) is 20.7 Å². The molecule has 0 bridgehead atoms. The lowest BCUT2D eigenvalue weighted by molar-refractivity contribution is -0.154. The van der Waals surface area contributed by atoms with Crippen molar-refractivity contribution in [2.24, 2.45) is 0 Å². The highest BCUT2D eigenvalue weighted by atomic mass is 16.5. The minimum atomic E-state index is -1.45. The molecule has 6 heteroatoms. The molecule has 0 aliphatic carbocycles. The molecule has 236 valence electrons. The molecule has 1 N–H and O–H groups in total. The number of unbranched alkanes of at least 4 members (excludes halogenated alkanes) is 12. The van der Waals surface area contributed by atoms with Gasteiger partial charge in [-0.2, -0.15) is 0 Å². The number of carboxylic acid groups (broad SMARTS) is 1. The number of ether oxygens (including phenoxy) is 2. The molecular formula is C36H57NO5. The summed E-state index contributed by atoms with van der Waals surface area (Å²) in [6.07, 6.45) is 19.5. The summed E-state index contributed by atoms with van der Waals surface area (Å²) in [5.41, 5.74) is 5.86. The molecule has 2 rings (SSSR count). The SMILES string of the molecule is CCCCCCCCCCCCCCCc1cccc(OC)c1C1C(CC)=C(C)N(C(=O)C(=O)O)C(C)=C1CCOC. The number of carbonyl (C=O) groups is 2. The quantitative estimate of drug-likeness (QED) is 0.122. The van der Waals surface area contributed by atoms with Gasteiger partial charge < -0.3 is 14.6 Å². The molecule has 1 atom stereocenters. The summed E-state index contributed by atoms with van der Waals surface area (Å²) < 4.78 is 11.4. The van der Waals surface area contributed by atoms with Crippen molar-refractivity contribution < 1.29 is 24.2 Å². The number of methoxy groups -OCH3 is 2. The number of nitrogens with zero attached hydrogens (tertiary/aromatic N) is 1. The predicted molar refractivity (Wildman–Crippen MR) is 172 cm³/mol. The van der Waals surface area contributed by atoms with Gasteiger partial charge in [-0.25, -0.2) is 4.79 Å². The van der Waals surface area contributed by atoms with Crippen LogP contribution in [-0.4, -0.2) is 42.7 Å². The number of amides is 1. The number of carboxylic acids is 1. The highest BCUT2D eigenvalue weighted by molar-refractivity contribution is 6.32. The van der Waals surface area contributed by atoms with Gasteiger partial charge in [-0.1, -0.05) is 103 Å². The third-order valence-electron chi connectivity index (χ3n) is 8.85. The Balaban J connectivity index is 2.15. The average molecular weight is 584 g/mol. The van der Waals surface area contributed by atoms with Crippen LogP contribution in [0.5, 0.6) is 5.75 Å². The molecule has 0 radical (unpaired) electrons. The molecule has 0 saturated carbocycles. The summed E-state index contributed by atoms with van der Waals surface area (Å²) in [5, 5.41) is 9.57. The molecule has 1 aromatic rings.